The Labute approximate surface area is 100 Å². The van der Waals surface area contributed by atoms with Gasteiger partial charge in [0.15, 0.2) is 0 Å². The van der Waals surface area contributed by atoms with Gasteiger partial charge in [0.25, 0.3) is 0 Å². The molecule has 88 valence electrons. The molecule has 2 atom stereocenters. The summed E-state index contributed by atoms with van der Waals surface area (Å²) in [6, 6.07) is 0. The monoisotopic (exact) mass is 268 g/mol. The topological polar surface area (TPSA) is 72.2 Å². The number of rotatable bonds is 5. The summed E-state index contributed by atoms with van der Waals surface area (Å²) in [5.74, 6) is 2.60. The molecule has 0 aromatic heterocycles. The highest BCUT2D eigenvalue weighted by Gasteiger charge is 2.25. The highest BCUT2D eigenvalue weighted by atomic mass is 32.2. The fourth-order valence-electron chi connectivity index (χ4n) is 1.26. The van der Waals surface area contributed by atoms with Gasteiger partial charge in [0.1, 0.15) is 5.25 Å². The quantitative estimate of drug-likeness (QED) is 0.703. The summed E-state index contributed by atoms with van der Waals surface area (Å²) < 4.78 is 25.9. The van der Waals surface area contributed by atoms with Gasteiger partial charge in [0.2, 0.25) is 10.0 Å². The summed E-state index contributed by atoms with van der Waals surface area (Å²) in [5, 5.41) is -0.790. The van der Waals surface area contributed by atoms with Gasteiger partial charge in [-0.1, -0.05) is 12.2 Å². The average molecular weight is 268 g/mol. The zero-order valence-electron chi connectivity index (χ0n) is 8.60. The predicted octanol–water partition coefficient (Wildman–Crippen LogP) is 0.334. The third-order valence-corrected chi connectivity index (χ3v) is 5.95. The number of thioether (sulfide) groups is 1. The van der Waals surface area contributed by atoms with Crippen LogP contribution in [0.25, 0.3) is 0 Å². The van der Waals surface area contributed by atoms with Crippen LogP contribution in [0.2, 0.25) is 0 Å². The van der Waals surface area contributed by atoms with Crippen LogP contribution >= 0.6 is 24.0 Å². The van der Waals surface area contributed by atoms with Gasteiger partial charge in [0.05, 0.1) is 4.99 Å². The predicted molar refractivity (Wildman–Crippen MR) is 68.6 cm³/mol. The Morgan fingerprint density at radius 2 is 2.40 bits per heavy atom. The molecule has 0 aromatic rings. The summed E-state index contributed by atoms with van der Waals surface area (Å²) in [6.45, 7) is 2.01. The van der Waals surface area contributed by atoms with Crippen molar-refractivity contribution >= 4 is 39.0 Å². The van der Waals surface area contributed by atoms with Crippen molar-refractivity contribution in [3.05, 3.63) is 0 Å². The number of hydrogen-bond donors (Lipinski definition) is 2. The van der Waals surface area contributed by atoms with E-state index in [9.17, 15) is 8.42 Å². The van der Waals surface area contributed by atoms with Crippen molar-refractivity contribution in [3.63, 3.8) is 0 Å². The number of nitrogens with one attached hydrogen (secondary N) is 1. The normalized spacial score (nSPS) is 23.9. The summed E-state index contributed by atoms with van der Waals surface area (Å²) in [4.78, 5) is 0.0169. The smallest absolute Gasteiger partial charge is 0.220 e. The van der Waals surface area contributed by atoms with Crippen molar-refractivity contribution in [2.75, 3.05) is 18.1 Å². The van der Waals surface area contributed by atoms with E-state index in [-0.39, 0.29) is 4.99 Å². The molecule has 1 heterocycles. The highest BCUT2D eigenvalue weighted by molar-refractivity contribution is 7.99. The van der Waals surface area contributed by atoms with Gasteiger partial charge < -0.3 is 5.73 Å². The van der Waals surface area contributed by atoms with Gasteiger partial charge >= 0.3 is 0 Å². The summed E-state index contributed by atoms with van der Waals surface area (Å²) >= 11 is 6.53. The molecule has 2 unspecified atom stereocenters. The molecule has 0 bridgehead atoms. The van der Waals surface area contributed by atoms with Crippen LogP contribution in [-0.2, 0) is 10.0 Å². The van der Waals surface area contributed by atoms with E-state index < -0.39 is 15.3 Å². The van der Waals surface area contributed by atoms with E-state index in [1.54, 1.807) is 0 Å². The minimum atomic E-state index is -3.37. The first kappa shape index (κ1) is 13.2. The molecule has 7 heteroatoms. The molecular weight excluding hydrogens is 252 g/mol. The maximum absolute atomic E-state index is 11.6. The fraction of sp³-hybridized carbons (Fsp3) is 0.875. The summed E-state index contributed by atoms with van der Waals surface area (Å²) in [7, 11) is -3.37. The van der Waals surface area contributed by atoms with Gasteiger partial charge in [-0.3, -0.25) is 0 Å². The number of nitrogens with two attached hydrogens (primary N) is 1. The Kier molecular flexibility index (Phi) is 4.82. The van der Waals surface area contributed by atoms with Crippen LogP contribution in [0.5, 0.6) is 0 Å². The van der Waals surface area contributed by atoms with Crippen LogP contribution < -0.4 is 10.5 Å². The molecule has 0 spiro atoms. The molecule has 3 N–H and O–H groups in total. The largest absolute Gasteiger partial charge is 0.392 e. The minimum Gasteiger partial charge on any atom is -0.392 e. The van der Waals surface area contributed by atoms with Crippen molar-refractivity contribution in [1.29, 1.82) is 0 Å². The van der Waals surface area contributed by atoms with Gasteiger partial charge in [-0.25, -0.2) is 13.1 Å². The Hall–Kier alpha value is 0.150. The number of hydrogen-bond acceptors (Lipinski definition) is 4. The van der Waals surface area contributed by atoms with Gasteiger partial charge in [-0.15, -0.1) is 0 Å². The maximum Gasteiger partial charge on any atom is 0.220 e. The molecule has 1 aliphatic heterocycles. The van der Waals surface area contributed by atoms with Crippen LogP contribution in [0, 0.1) is 5.92 Å². The second kappa shape index (κ2) is 5.47. The Bertz CT molecular complexity index is 323. The molecule has 1 saturated heterocycles. The van der Waals surface area contributed by atoms with Crippen molar-refractivity contribution in [1.82, 2.24) is 4.72 Å². The zero-order valence-corrected chi connectivity index (χ0v) is 11.1. The van der Waals surface area contributed by atoms with Crippen molar-refractivity contribution in [3.8, 4) is 0 Å². The average Bonchev–Trinajstić information content (AvgIpc) is 2.66. The lowest BCUT2D eigenvalue weighted by Gasteiger charge is -2.14. The Morgan fingerprint density at radius 3 is 2.87 bits per heavy atom. The standard InChI is InChI=1S/C8H16N2O2S3/c1-6(8(9)13)15(11,12)10-4-7-2-3-14-5-7/h6-7,10H,2-5H2,1H3,(H2,9,13). The third kappa shape index (κ3) is 3.90. The molecule has 0 saturated carbocycles. The molecular formula is C8H16N2O2S3. The van der Waals surface area contributed by atoms with E-state index in [0.717, 1.165) is 17.9 Å². The first-order valence-electron chi connectivity index (χ1n) is 4.79. The van der Waals surface area contributed by atoms with E-state index in [2.05, 4.69) is 16.9 Å². The van der Waals surface area contributed by atoms with Crippen LogP contribution in [-0.4, -0.2) is 36.7 Å². The first-order valence-corrected chi connectivity index (χ1v) is 7.90. The molecule has 4 nitrogen and oxygen atoms in total. The van der Waals surface area contributed by atoms with E-state index in [1.807, 2.05) is 11.8 Å². The van der Waals surface area contributed by atoms with E-state index in [0.29, 0.717) is 12.5 Å². The van der Waals surface area contributed by atoms with Crippen LogP contribution in [0.1, 0.15) is 13.3 Å². The molecule has 15 heavy (non-hydrogen) atoms. The molecule has 0 amide bonds. The van der Waals surface area contributed by atoms with Crippen molar-refractivity contribution in [2.45, 2.75) is 18.6 Å². The second-order valence-electron chi connectivity index (χ2n) is 3.67. The zero-order chi connectivity index (χ0) is 11.5. The summed E-state index contributed by atoms with van der Waals surface area (Å²) in [5.41, 5.74) is 5.31. The highest BCUT2D eigenvalue weighted by Crippen LogP contribution is 2.22. The first-order chi connectivity index (χ1) is 6.93. The van der Waals surface area contributed by atoms with Crippen molar-refractivity contribution in [2.24, 2.45) is 11.7 Å². The number of sulfonamides is 1. The van der Waals surface area contributed by atoms with Crippen molar-refractivity contribution < 1.29 is 8.42 Å². The van der Waals surface area contributed by atoms with E-state index in [1.165, 1.54) is 6.92 Å². The molecule has 1 aliphatic rings. The lowest BCUT2D eigenvalue weighted by Crippen LogP contribution is -2.41. The fourth-order valence-corrected chi connectivity index (χ4v) is 3.94. The number of thiocarbonyl (C=S) groups is 1. The third-order valence-electron chi connectivity index (χ3n) is 2.46. The van der Waals surface area contributed by atoms with Crippen LogP contribution in [0.3, 0.4) is 0 Å². The molecule has 0 aliphatic carbocycles. The van der Waals surface area contributed by atoms with Gasteiger partial charge in [0, 0.05) is 6.54 Å². The molecule has 0 aromatic carbocycles. The van der Waals surface area contributed by atoms with E-state index in [4.69, 9.17) is 5.73 Å². The Balaban J connectivity index is 2.45. The lowest BCUT2D eigenvalue weighted by atomic mass is 10.1. The van der Waals surface area contributed by atoms with Crippen LogP contribution in [0.15, 0.2) is 0 Å². The lowest BCUT2D eigenvalue weighted by molar-refractivity contribution is 0.544. The molecule has 1 rings (SSSR count). The second-order valence-corrected chi connectivity index (χ2v) is 7.37. The minimum absolute atomic E-state index is 0.0169. The van der Waals surface area contributed by atoms with Gasteiger partial charge in [-0.2, -0.15) is 11.8 Å². The van der Waals surface area contributed by atoms with Crippen LogP contribution in [0.4, 0.5) is 0 Å². The van der Waals surface area contributed by atoms with Gasteiger partial charge in [-0.05, 0) is 30.8 Å². The van der Waals surface area contributed by atoms with E-state index >= 15 is 0 Å². The summed E-state index contributed by atoms with van der Waals surface area (Å²) in [6.07, 6.45) is 1.08. The Morgan fingerprint density at radius 1 is 1.73 bits per heavy atom. The maximum atomic E-state index is 11.6. The molecule has 1 fully saturated rings. The SMILES string of the molecule is CC(C(N)=S)S(=O)(=O)NCC1CCSC1. The molecule has 0 radical (unpaired) electrons.